The normalized spacial score (nSPS) is 17.5. The van der Waals surface area contributed by atoms with Crippen LogP contribution in [0.4, 0.5) is 0 Å². The lowest BCUT2D eigenvalue weighted by Gasteiger charge is -2.28. The predicted molar refractivity (Wildman–Crippen MR) is 75.3 cm³/mol. The molecule has 1 saturated heterocycles. The van der Waals surface area contributed by atoms with Gasteiger partial charge in [-0.25, -0.2) is 0 Å². The summed E-state index contributed by atoms with van der Waals surface area (Å²) in [5, 5.41) is 4.55. The summed E-state index contributed by atoms with van der Waals surface area (Å²) < 4.78 is 0. The van der Waals surface area contributed by atoms with Crippen LogP contribution in [-0.4, -0.2) is 39.6 Å². The van der Waals surface area contributed by atoms with Gasteiger partial charge in [0, 0.05) is 6.20 Å². The Morgan fingerprint density at radius 2 is 1.68 bits per heavy atom. The first-order chi connectivity index (χ1) is 10.5. The molecule has 8 nitrogen and oxygen atoms in total. The maximum absolute atomic E-state index is 12.2. The van der Waals surface area contributed by atoms with Crippen molar-refractivity contribution in [3.05, 3.63) is 42.0 Å². The van der Waals surface area contributed by atoms with Gasteiger partial charge >= 0.3 is 0 Å². The Labute approximate surface area is 126 Å². The van der Waals surface area contributed by atoms with Gasteiger partial charge in [-0.15, -0.1) is 0 Å². The quantitative estimate of drug-likeness (QED) is 0.551. The number of hydrogen-bond donors (Lipinski definition) is 2. The van der Waals surface area contributed by atoms with E-state index in [0.29, 0.717) is 4.90 Å². The van der Waals surface area contributed by atoms with E-state index in [1.165, 1.54) is 18.3 Å². The Balaban J connectivity index is 0.000000847. The van der Waals surface area contributed by atoms with E-state index < -0.39 is 29.7 Å². The molecule has 2 N–H and O–H groups in total. The summed E-state index contributed by atoms with van der Waals surface area (Å²) >= 11 is 0. The number of carbonyl (C=O) groups excluding carboxylic acids is 4. The van der Waals surface area contributed by atoms with Crippen molar-refractivity contribution in [2.45, 2.75) is 19.9 Å². The lowest BCUT2D eigenvalue weighted by molar-refractivity contribution is -0.136. The van der Waals surface area contributed by atoms with E-state index in [4.69, 9.17) is 0 Å². The lowest BCUT2D eigenvalue weighted by Crippen LogP contribution is -2.62. The highest BCUT2D eigenvalue weighted by molar-refractivity contribution is 6.25. The summed E-state index contributed by atoms with van der Waals surface area (Å²) in [5.74, 6) is -3.05. The zero-order valence-corrected chi connectivity index (χ0v) is 12.0. The number of hydrogen-bond acceptors (Lipinski definition) is 5. The van der Waals surface area contributed by atoms with Crippen LogP contribution in [0.15, 0.2) is 30.7 Å². The number of amides is 4. The van der Waals surface area contributed by atoms with E-state index in [-0.39, 0.29) is 17.1 Å². The van der Waals surface area contributed by atoms with E-state index in [9.17, 15) is 19.2 Å². The molecule has 3 rings (SSSR count). The minimum atomic E-state index is -1.56. The van der Waals surface area contributed by atoms with Crippen LogP contribution >= 0.6 is 0 Å². The van der Waals surface area contributed by atoms with E-state index in [1.807, 2.05) is 13.8 Å². The third kappa shape index (κ3) is 2.24. The second-order valence-electron chi connectivity index (χ2n) is 4.24. The molecule has 1 aromatic heterocycles. The van der Waals surface area contributed by atoms with Gasteiger partial charge in [0.2, 0.25) is 0 Å². The van der Waals surface area contributed by atoms with Crippen LogP contribution in [0.25, 0.3) is 0 Å². The Morgan fingerprint density at radius 1 is 1.09 bits per heavy atom. The first kappa shape index (κ1) is 15.4. The summed E-state index contributed by atoms with van der Waals surface area (Å²) in [6, 6.07) is 1.35. The summed E-state index contributed by atoms with van der Waals surface area (Å²) in [7, 11) is 0. The van der Waals surface area contributed by atoms with Crippen molar-refractivity contribution < 1.29 is 19.2 Å². The summed E-state index contributed by atoms with van der Waals surface area (Å²) in [6.07, 6.45) is 1.36. The van der Waals surface area contributed by atoms with E-state index >= 15 is 0 Å². The number of pyridine rings is 1. The van der Waals surface area contributed by atoms with Crippen molar-refractivity contribution in [2.24, 2.45) is 0 Å². The molecule has 22 heavy (non-hydrogen) atoms. The molecule has 8 heteroatoms. The number of carbonyl (C=O) groups is 4. The largest absolute Gasteiger partial charge is 0.310 e. The van der Waals surface area contributed by atoms with Gasteiger partial charge in [0.1, 0.15) is 11.5 Å². The van der Waals surface area contributed by atoms with Crippen LogP contribution < -0.4 is 10.6 Å². The zero-order chi connectivity index (χ0) is 16.4. The van der Waals surface area contributed by atoms with Crippen LogP contribution in [0, 0.1) is 0 Å². The van der Waals surface area contributed by atoms with Crippen LogP contribution in [0.3, 0.4) is 0 Å². The van der Waals surface area contributed by atoms with E-state index in [2.05, 4.69) is 22.2 Å². The van der Waals surface area contributed by atoms with Crippen molar-refractivity contribution in [3.63, 3.8) is 0 Å². The average molecular weight is 302 g/mol. The SMILES string of the molecule is C=C1NC(=O)C(N2C(=O)c3cccnc3C2=O)C(=O)N1.CC. The maximum atomic E-state index is 12.2. The third-order valence-corrected chi connectivity index (χ3v) is 2.98. The van der Waals surface area contributed by atoms with Gasteiger partial charge in [-0.05, 0) is 12.1 Å². The fraction of sp³-hybridized carbons (Fsp3) is 0.214. The Kier molecular flexibility index (Phi) is 4.02. The Bertz CT molecular complexity index is 643. The Hall–Kier alpha value is -3.03. The molecule has 0 saturated carbocycles. The van der Waals surface area contributed by atoms with Gasteiger partial charge < -0.3 is 10.6 Å². The fourth-order valence-corrected chi connectivity index (χ4v) is 2.14. The van der Waals surface area contributed by atoms with Crippen LogP contribution in [0.1, 0.15) is 34.7 Å². The molecule has 0 bridgehead atoms. The van der Waals surface area contributed by atoms with Crippen LogP contribution in [0.5, 0.6) is 0 Å². The van der Waals surface area contributed by atoms with Gasteiger partial charge in [-0.1, -0.05) is 20.4 Å². The second kappa shape index (κ2) is 5.76. The van der Waals surface area contributed by atoms with Crippen molar-refractivity contribution in [1.82, 2.24) is 20.5 Å². The van der Waals surface area contributed by atoms with Gasteiger partial charge in [0.25, 0.3) is 23.6 Å². The number of rotatable bonds is 1. The molecule has 4 amide bonds. The molecular weight excluding hydrogens is 288 g/mol. The molecule has 1 fully saturated rings. The molecular formula is C14H14N4O4. The summed E-state index contributed by atoms with van der Waals surface area (Å²) in [6.45, 7) is 7.39. The second-order valence-corrected chi connectivity index (χ2v) is 4.24. The molecule has 0 aliphatic carbocycles. The minimum absolute atomic E-state index is 0.00554. The van der Waals surface area contributed by atoms with Crippen LogP contribution in [0.2, 0.25) is 0 Å². The topological polar surface area (TPSA) is 108 Å². The fourth-order valence-electron chi connectivity index (χ4n) is 2.14. The zero-order valence-electron chi connectivity index (χ0n) is 12.0. The molecule has 2 aliphatic rings. The molecule has 0 spiro atoms. The van der Waals surface area contributed by atoms with E-state index in [0.717, 1.165) is 0 Å². The smallest absolute Gasteiger partial charge is 0.281 e. The van der Waals surface area contributed by atoms with Gasteiger partial charge in [-0.2, -0.15) is 0 Å². The predicted octanol–water partition coefficient (Wildman–Crippen LogP) is -0.210. The number of nitrogens with zero attached hydrogens (tertiary/aromatic N) is 2. The molecule has 114 valence electrons. The summed E-state index contributed by atoms with van der Waals surface area (Å²) in [5.41, 5.74) is 0.00463. The van der Waals surface area contributed by atoms with Crippen molar-refractivity contribution in [2.75, 3.05) is 0 Å². The van der Waals surface area contributed by atoms with Crippen LogP contribution in [-0.2, 0) is 9.59 Å². The molecule has 0 aromatic carbocycles. The highest BCUT2D eigenvalue weighted by atomic mass is 16.2. The van der Waals surface area contributed by atoms with Gasteiger partial charge in [0.05, 0.1) is 5.56 Å². The number of aromatic nitrogens is 1. The minimum Gasteiger partial charge on any atom is -0.310 e. The monoisotopic (exact) mass is 302 g/mol. The van der Waals surface area contributed by atoms with Gasteiger partial charge in [-0.3, -0.25) is 29.1 Å². The first-order valence-electron chi connectivity index (χ1n) is 6.64. The Morgan fingerprint density at radius 3 is 2.23 bits per heavy atom. The molecule has 1 aromatic rings. The van der Waals surface area contributed by atoms with E-state index in [1.54, 1.807) is 0 Å². The number of imide groups is 1. The van der Waals surface area contributed by atoms with Crippen molar-refractivity contribution in [1.29, 1.82) is 0 Å². The number of fused-ring (bicyclic) bond motifs is 1. The highest BCUT2D eigenvalue weighted by Crippen LogP contribution is 2.23. The lowest BCUT2D eigenvalue weighted by atomic mass is 10.2. The molecule has 0 unspecified atom stereocenters. The average Bonchev–Trinajstić information content (AvgIpc) is 2.74. The molecule has 0 radical (unpaired) electrons. The molecule has 0 atom stereocenters. The van der Waals surface area contributed by atoms with Gasteiger partial charge in [0.15, 0.2) is 6.04 Å². The molecule has 3 heterocycles. The number of nitrogens with one attached hydrogen (secondary N) is 2. The standard InChI is InChI=1S/C12H8N4O4.C2H6/c1-5-14-9(17)8(10(18)15-5)16-11(19)6-3-2-4-13-7(6)12(16)20;1-2/h2-4,8H,1H2,(H,14,17)(H,15,18);1-2H3. The van der Waals surface area contributed by atoms with Crippen molar-refractivity contribution >= 4 is 23.6 Å². The molecule has 2 aliphatic heterocycles. The maximum Gasteiger partial charge on any atom is 0.281 e. The third-order valence-electron chi connectivity index (χ3n) is 2.98. The highest BCUT2D eigenvalue weighted by Gasteiger charge is 2.48. The summed E-state index contributed by atoms with van der Waals surface area (Å²) in [4.78, 5) is 52.4. The van der Waals surface area contributed by atoms with Crippen molar-refractivity contribution in [3.8, 4) is 0 Å². The first-order valence-corrected chi connectivity index (χ1v) is 6.64.